The lowest BCUT2D eigenvalue weighted by molar-refractivity contribution is -0.139. The van der Waals surface area contributed by atoms with Crippen LogP contribution in [0.1, 0.15) is 24.3 Å². The second kappa shape index (κ2) is 2.29. The summed E-state index contributed by atoms with van der Waals surface area (Å²) < 4.78 is 0. The maximum Gasteiger partial charge on any atom is 0.313 e. The van der Waals surface area contributed by atoms with Crippen LogP contribution in [0.25, 0.3) is 0 Å². The minimum Gasteiger partial charge on any atom is -0.481 e. The molecule has 1 fully saturated rings. The molecule has 14 heavy (non-hydrogen) atoms. The Bertz CT molecular complexity index is 410. The van der Waals surface area contributed by atoms with Gasteiger partial charge in [0.2, 0.25) is 0 Å². The number of rotatable bonds is 1. The van der Waals surface area contributed by atoms with Gasteiger partial charge < -0.3 is 10.4 Å². The molecule has 1 atom stereocenters. The molecule has 1 heterocycles. The normalized spacial score (nSPS) is 25.6. The second-order valence-corrected chi connectivity index (χ2v) is 4.14. The Morgan fingerprint density at radius 3 is 2.79 bits per heavy atom. The zero-order chi connectivity index (χ0) is 9.76. The molecule has 1 aromatic carbocycles. The summed E-state index contributed by atoms with van der Waals surface area (Å²) in [6.45, 7) is 0. The van der Waals surface area contributed by atoms with Crippen molar-refractivity contribution in [2.24, 2.45) is 0 Å². The number of benzene rings is 1. The number of carboxylic acid groups (broad SMARTS) is 1. The number of fused-ring (bicyclic) bond motifs is 1. The van der Waals surface area contributed by atoms with Gasteiger partial charge in [0.05, 0.1) is 5.54 Å². The molecule has 1 unspecified atom stereocenters. The molecule has 1 aromatic rings. The first-order valence-corrected chi connectivity index (χ1v) is 4.83. The zero-order valence-electron chi connectivity index (χ0n) is 7.66. The first-order chi connectivity index (χ1) is 6.73. The SMILES string of the molecule is O=C(O)C1c2ccccc2NC12CC2. The molecule has 1 spiro atoms. The van der Waals surface area contributed by atoms with Gasteiger partial charge in [-0.1, -0.05) is 18.2 Å². The lowest BCUT2D eigenvalue weighted by Gasteiger charge is -2.14. The van der Waals surface area contributed by atoms with Gasteiger partial charge in [-0.3, -0.25) is 4.79 Å². The molecular formula is C11H11NO2. The average Bonchev–Trinajstić information content (AvgIpc) is 2.81. The summed E-state index contributed by atoms with van der Waals surface area (Å²) in [7, 11) is 0. The van der Waals surface area contributed by atoms with Gasteiger partial charge in [-0.2, -0.15) is 0 Å². The van der Waals surface area contributed by atoms with Crippen LogP contribution >= 0.6 is 0 Å². The highest BCUT2D eigenvalue weighted by atomic mass is 16.4. The molecule has 0 amide bonds. The van der Waals surface area contributed by atoms with Crippen LogP contribution in [-0.4, -0.2) is 16.6 Å². The Morgan fingerprint density at radius 1 is 1.43 bits per heavy atom. The first kappa shape index (κ1) is 7.85. The number of anilines is 1. The number of nitrogens with one attached hydrogen (secondary N) is 1. The van der Waals surface area contributed by atoms with Crippen LogP contribution in [0.4, 0.5) is 5.69 Å². The van der Waals surface area contributed by atoms with E-state index in [4.69, 9.17) is 0 Å². The number of hydrogen-bond donors (Lipinski definition) is 2. The fraction of sp³-hybridized carbons (Fsp3) is 0.364. The summed E-state index contributed by atoms with van der Waals surface area (Å²) in [6.07, 6.45) is 1.94. The van der Waals surface area contributed by atoms with E-state index in [1.807, 2.05) is 24.3 Å². The van der Waals surface area contributed by atoms with Crippen LogP contribution in [0.2, 0.25) is 0 Å². The highest BCUT2D eigenvalue weighted by Crippen LogP contribution is 2.56. The topological polar surface area (TPSA) is 49.3 Å². The highest BCUT2D eigenvalue weighted by molar-refractivity contribution is 5.86. The lowest BCUT2D eigenvalue weighted by Crippen LogP contribution is -2.28. The van der Waals surface area contributed by atoms with E-state index in [0.717, 1.165) is 24.1 Å². The van der Waals surface area contributed by atoms with E-state index in [1.165, 1.54) is 0 Å². The van der Waals surface area contributed by atoms with Gasteiger partial charge >= 0.3 is 5.97 Å². The van der Waals surface area contributed by atoms with Crippen LogP contribution in [-0.2, 0) is 4.79 Å². The van der Waals surface area contributed by atoms with Gasteiger partial charge in [-0.05, 0) is 24.5 Å². The van der Waals surface area contributed by atoms with E-state index in [-0.39, 0.29) is 11.5 Å². The third kappa shape index (κ3) is 0.842. The van der Waals surface area contributed by atoms with Gasteiger partial charge in [0, 0.05) is 5.69 Å². The molecule has 3 nitrogen and oxygen atoms in total. The minimum absolute atomic E-state index is 0.157. The predicted octanol–water partition coefficient (Wildman–Crippen LogP) is 1.81. The highest BCUT2D eigenvalue weighted by Gasteiger charge is 2.57. The fourth-order valence-corrected chi connectivity index (χ4v) is 2.42. The Kier molecular flexibility index (Phi) is 1.29. The van der Waals surface area contributed by atoms with Crippen molar-refractivity contribution >= 4 is 11.7 Å². The lowest BCUT2D eigenvalue weighted by atomic mass is 9.93. The average molecular weight is 189 g/mol. The zero-order valence-corrected chi connectivity index (χ0v) is 7.66. The molecule has 1 aliphatic heterocycles. The van der Waals surface area contributed by atoms with E-state index in [1.54, 1.807) is 0 Å². The van der Waals surface area contributed by atoms with Gasteiger partial charge in [0.15, 0.2) is 0 Å². The molecule has 3 rings (SSSR count). The van der Waals surface area contributed by atoms with Crippen molar-refractivity contribution < 1.29 is 9.90 Å². The molecular weight excluding hydrogens is 178 g/mol. The van der Waals surface area contributed by atoms with E-state index in [0.29, 0.717) is 0 Å². The Labute approximate surface area is 81.8 Å². The monoisotopic (exact) mass is 189 g/mol. The summed E-state index contributed by atoms with van der Waals surface area (Å²) >= 11 is 0. The number of para-hydroxylation sites is 1. The standard InChI is InChI=1S/C11H11NO2/c13-10(14)9-7-3-1-2-4-8(7)12-11(9)5-6-11/h1-4,9,12H,5-6H2,(H,13,14). The van der Waals surface area contributed by atoms with Gasteiger partial charge in [0.1, 0.15) is 5.92 Å². The summed E-state index contributed by atoms with van der Waals surface area (Å²) in [6, 6.07) is 7.70. The van der Waals surface area contributed by atoms with E-state index in [2.05, 4.69) is 5.32 Å². The maximum absolute atomic E-state index is 11.2. The number of carboxylic acids is 1. The molecule has 0 bridgehead atoms. The first-order valence-electron chi connectivity index (χ1n) is 4.83. The molecule has 3 heteroatoms. The third-order valence-electron chi connectivity index (χ3n) is 3.24. The fourth-order valence-electron chi connectivity index (χ4n) is 2.42. The quantitative estimate of drug-likeness (QED) is 0.708. The van der Waals surface area contributed by atoms with Crippen LogP contribution in [0.3, 0.4) is 0 Å². The Hall–Kier alpha value is -1.51. The Balaban J connectivity index is 2.13. The Morgan fingerprint density at radius 2 is 2.14 bits per heavy atom. The molecule has 0 aromatic heterocycles. The van der Waals surface area contributed by atoms with Gasteiger partial charge in [0.25, 0.3) is 0 Å². The summed E-state index contributed by atoms with van der Waals surface area (Å²) in [4.78, 5) is 11.2. The largest absolute Gasteiger partial charge is 0.481 e. The molecule has 1 saturated carbocycles. The van der Waals surface area contributed by atoms with E-state index < -0.39 is 5.97 Å². The van der Waals surface area contributed by atoms with Gasteiger partial charge in [-0.25, -0.2) is 0 Å². The third-order valence-corrected chi connectivity index (χ3v) is 3.24. The molecule has 2 N–H and O–H groups in total. The number of hydrogen-bond acceptors (Lipinski definition) is 2. The summed E-state index contributed by atoms with van der Waals surface area (Å²) in [5, 5.41) is 12.5. The maximum atomic E-state index is 11.2. The summed E-state index contributed by atoms with van der Waals surface area (Å²) in [5.74, 6) is -1.06. The van der Waals surface area contributed by atoms with E-state index >= 15 is 0 Å². The van der Waals surface area contributed by atoms with E-state index in [9.17, 15) is 9.90 Å². The number of carbonyl (C=O) groups is 1. The molecule has 72 valence electrons. The summed E-state index contributed by atoms with van der Waals surface area (Å²) in [5.41, 5.74) is 1.78. The van der Waals surface area contributed by atoms with Crippen molar-refractivity contribution in [3.8, 4) is 0 Å². The molecule has 1 aliphatic carbocycles. The van der Waals surface area contributed by atoms with Crippen molar-refractivity contribution in [1.82, 2.24) is 0 Å². The van der Waals surface area contributed by atoms with Gasteiger partial charge in [-0.15, -0.1) is 0 Å². The smallest absolute Gasteiger partial charge is 0.313 e. The van der Waals surface area contributed by atoms with Crippen molar-refractivity contribution in [1.29, 1.82) is 0 Å². The molecule has 0 saturated heterocycles. The van der Waals surface area contributed by atoms with Crippen molar-refractivity contribution in [2.45, 2.75) is 24.3 Å². The molecule has 0 radical (unpaired) electrons. The van der Waals surface area contributed by atoms with Crippen molar-refractivity contribution in [3.63, 3.8) is 0 Å². The minimum atomic E-state index is -0.708. The second-order valence-electron chi connectivity index (χ2n) is 4.14. The van der Waals surface area contributed by atoms with Crippen LogP contribution in [0.5, 0.6) is 0 Å². The van der Waals surface area contributed by atoms with Crippen molar-refractivity contribution in [2.75, 3.05) is 5.32 Å². The van der Waals surface area contributed by atoms with Crippen LogP contribution in [0, 0.1) is 0 Å². The van der Waals surface area contributed by atoms with Crippen LogP contribution < -0.4 is 5.32 Å². The predicted molar refractivity (Wildman–Crippen MR) is 52.4 cm³/mol. The number of aliphatic carboxylic acids is 1. The van der Waals surface area contributed by atoms with Crippen molar-refractivity contribution in [3.05, 3.63) is 29.8 Å². The molecule has 2 aliphatic rings. The van der Waals surface area contributed by atoms with Crippen LogP contribution in [0.15, 0.2) is 24.3 Å².